The third kappa shape index (κ3) is 8.77. The first-order chi connectivity index (χ1) is 19.9. The molecule has 0 spiro atoms. The molecule has 0 N–H and O–H groups in total. The SMILES string of the molecule is c1ccc(C2OCC3OCCOCCOCCOCCOCCOC4COC(c5ccccc5)OC4C3O2)cc1. The van der Waals surface area contributed by atoms with Gasteiger partial charge >= 0.3 is 0 Å². The Morgan fingerprint density at radius 1 is 0.400 bits per heavy atom. The number of hydrogen-bond acceptors (Lipinski definition) is 10. The van der Waals surface area contributed by atoms with Gasteiger partial charge in [0.1, 0.15) is 24.4 Å². The molecular formula is C30H40O10. The molecular weight excluding hydrogens is 520 g/mol. The molecule has 0 bridgehead atoms. The van der Waals surface area contributed by atoms with Crippen molar-refractivity contribution in [3.8, 4) is 0 Å². The summed E-state index contributed by atoms with van der Waals surface area (Å²) in [5.74, 6) is 0. The molecule has 10 nitrogen and oxygen atoms in total. The third-order valence-electron chi connectivity index (χ3n) is 6.82. The summed E-state index contributed by atoms with van der Waals surface area (Å²) in [6.45, 7) is 5.21. The molecule has 0 radical (unpaired) electrons. The Morgan fingerprint density at radius 2 is 0.750 bits per heavy atom. The van der Waals surface area contributed by atoms with Gasteiger partial charge in [-0.25, -0.2) is 0 Å². The lowest BCUT2D eigenvalue weighted by molar-refractivity contribution is -0.340. The fourth-order valence-electron chi connectivity index (χ4n) is 4.81. The molecule has 10 heteroatoms. The van der Waals surface area contributed by atoms with E-state index < -0.39 is 37.0 Å². The first-order valence-electron chi connectivity index (χ1n) is 14.1. The molecule has 0 aromatic heterocycles. The fourth-order valence-corrected chi connectivity index (χ4v) is 4.81. The zero-order chi connectivity index (χ0) is 27.2. The van der Waals surface area contributed by atoms with E-state index in [2.05, 4.69) is 0 Å². The quantitative estimate of drug-likeness (QED) is 0.546. The maximum absolute atomic E-state index is 6.59. The Kier molecular flexibility index (Phi) is 12.2. The van der Waals surface area contributed by atoms with E-state index in [-0.39, 0.29) is 0 Å². The molecule has 3 heterocycles. The minimum Gasteiger partial charge on any atom is -0.377 e. The van der Waals surface area contributed by atoms with E-state index >= 15 is 0 Å². The molecule has 0 saturated carbocycles. The minimum atomic E-state index is -0.560. The van der Waals surface area contributed by atoms with Crippen LogP contribution >= 0.6 is 0 Å². The molecule has 40 heavy (non-hydrogen) atoms. The summed E-state index contributed by atoms with van der Waals surface area (Å²) < 4.78 is 60.4. The predicted octanol–water partition coefficient (Wildman–Crippen LogP) is 3.07. The Labute approximate surface area is 235 Å². The van der Waals surface area contributed by atoms with E-state index in [1.807, 2.05) is 60.7 Å². The van der Waals surface area contributed by atoms with Crippen molar-refractivity contribution in [2.45, 2.75) is 37.0 Å². The molecule has 3 aliphatic heterocycles. The standard InChI is InChI=1S/C30H40O10/c1-3-7-23(8-4-1)29-37-21-25-27(39-29)28-26(22-38-30(40-28)24-9-5-2-6-10-24)36-20-18-34-16-14-32-12-11-31-13-15-33-17-19-35-25/h1-10,25-30H,11-22H2. The fraction of sp³-hybridized carbons (Fsp3) is 0.600. The lowest BCUT2D eigenvalue weighted by Gasteiger charge is -2.45. The summed E-state index contributed by atoms with van der Waals surface area (Å²) in [5, 5.41) is 0. The smallest absolute Gasteiger partial charge is 0.184 e. The third-order valence-corrected chi connectivity index (χ3v) is 6.82. The Balaban J connectivity index is 1.33. The van der Waals surface area contributed by atoms with Crippen molar-refractivity contribution in [3.63, 3.8) is 0 Å². The van der Waals surface area contributed by atoms with Gasteiger partial charge in [0.15, 0.2) is 12.6 Å². The van der Waals surface area contributed by atoms with Crippen molar-refractivity contribution in [2.75, 3.05) is 79.3 Å². The zero-order valence-corrected chi connectivity index (χ0v) is 22.8. The summed E-state index contributed by atoms with van der Waals surface area (Å²) in [7, 11) is 0. The highest BCUT2D eigenvalue weighted by Crippen LogP contribution is 2.36. The molecule has 0 amide bonds. The largest absolute Gasteiger partial charge is 0.377 e. The molecule has 2 aromatic rings. The summed E-state index contributed by atoms with van der Waals surface area (Å²) in [6.07, 6.45) is -2.88. The molecule has 3 aliphatic rings. The molecule has 2 aromatic carbocycles. The van der Waals surface area contributed by atoms with E-state index in [1.54, 1.807) is 0 Å². The van der Waals surface area contributed by atoms with Gasteiger partial charge in [-0.05, 0) is 0 Å². The second-order valence-electron chi connectivity index (χ2n) is 9.62. The average molecular weight is 561 g/mol. The van der Waals surface area contributed by atoms with Crippen molar-refractivity contribution in [3.05, 3.63) is 71.8 Å². The Morgan fingerprint density at radius 3 is 1.12 bits per heavy atom. The molecule has 3 fully saturated rings. The highest BCUT2D eigenvalue weighted by atomic mass is 16.7. The number of benzene rings is 2. The summed E-state index contributed by atoms with van der Waals surface area (Å²) in [5.41, 5.74) is 1.85. The van der Waals surface area contributed by atoms with Crippen LogP contribution in [0.3, 0.4) is 0 Å². The van der Waals surface area contributed by atoms with Crippen molar-refractivity contribution >= 4 is 0 Å². The topological polar surface area (TPSA) is 92.3 Å². The van der Waals surface area contributed by atoms with Crippen LogP contribution in [-0.2, 0) is 47.4 Å². The maximum Gasteiger partial charge on any atom is 0.184 e. The Hall–Kier alpha value is -1.96. The number of fused-ring (bicyclic) bond motifs is 3. The number of hydrogen-bond donors (Lipinski definition) is 0. The lowest BCUT2D eigenvalue weighted by atomic mass is 10.00. The van der Waals surface area contributed by atoms with Gasteiger partial charge in [0.25, 0.3) is 0 Å². The van der Waals surface area contributed by atoms with Gasteiger partial charge in [0, 0.05) is 11.1 Å². The van der Waals surface area contributed by atoms with Gasteiger partial charge in [0.05, 0.1) is 79.3 Å². The maximum atomic E-state index is 6.59. The zero-order valence-electron chi connectivity index (χ0n) is 22.8. The van der Waals surface area contributed by atoms with E-state index in [0.717, 1.165) is 11.1 Å². The van der Waals surface area contributed by atoms with E-state index in [4.69, 9.17) is 47.4 Å². The van der Waals surface area contributed by atoms with E-state index in [1.165, 1.54) is 0 Å². The van der Waals surface area contributed by atoms with Crippen LogP contribution in [0.5, 0.6) is 0 Å². The van der Waals surface area contributed by atoms with Gasteiger partial charge < -0.3 is 47.4 Å². The number of ether oxygens (including phenoxy) is 10. The van der Waals surface area contributed by atoms with Crippen molar-refractivity contribution in [1.29, 1.82) is 0 Å². The molecule has 220 valence electrons. The van der Waals surface area contributed by atoms with Crippen molar-refractivity contribution in [1.82, 2.24) is 0 Å². The predicted molar refractivity (Wildman–Crippen MR) is 143 cm³/mol. The van der Waals surface area contributed by atoms with Gasteiger partial charge in [-0.3, -0.25) is 0 Å². The summed E-state index contributed by atoms with van der Waals surface area (Å²) in [4.78, 5) is 0. The van der Waals surface area contributed by atoms with Crippen molar-refractivity contribution in [2.24, 2.45) is 0 Å². The molecule has 6 unspecified atom stereocenters. The Bertz CT molecular complexity index is 871. The average Bonchev–Trinajstić information content (AvgIpc) is 3.01. The molecule has 3 saturated heterocycles. The van der Waals surface area contributed by atoms with Crippen LogP contribution < -0.4 is 0 Å². The highest BCUT2D eigenvalue weighted by molar-refractivity contribution is 5.18. The van der Waals surface area contributed by atoms with E-state index in [9.17, 15) is 0 Å². The molecule has 6 atom stereocenters. The van der Waals surface area contributed by atoms with Crippen LogP contribution in [0.4, 0.5) is 0 Å². The van der Waals surface area contributed by atoms with Crippen LogP contribution in [0, 0.1) is 0 Å². The normalized spacial score (nSPS) is 32.3. The summed E-state index contributed by atoms with van der Waals surface area (Å²) in [6, 6.07) is 19.7. The lowest BCUT2D eigenvalue weighted by Crippen LogP contribution is -2.57. The van der Waals surface area contributed by atoms with Crippen molar-refractivity contribution < 1.29 is 47.4 Å². The second kappa shape index (κ2) is 16.5. The van der Waals surface area contributed by atoms with Crippen LogP contribution in [-0.4, -0.2) is 104 Å². The first-order valence-corrected chi connectivity index (χ1v) is 14.1. The molecule has 0 aliphatic carbocycles. The van der Waals surface area contributed by atoms with Gasteiger partial charge in [-0.1, -0.05) is 60.7 Å². The van der Waals surface area contributed by atoms with Crippen LogP contribution in [0.25, 0.3) is 0 Å². The van der Waals surface area contributed by atoms with Gasteiger partial charge in [-0.15, -0.1) is 0 Å². The molecule has 5 rings (SSSR count). The van der Waals surface area contributed by atoms with Gasteiger partial charge in [0.2, 0.25) is 0 Å². The van der Waals surface area contributed by atoms with Crippen LogP contribution in [0.2, 0.25) is 0 Å². The minimum absolute atomic E-state index is 0.333. The van der Waals surface area contributed by atoms with Crippen LogP contribution in [0.15, 0.2) is 60.7 Å². The van der Waals surface area contributed by atoms with E-state index in [0.29, 0.717) is 79.3 Å². The first kappa shape index (κ1) is 29.5. The number of rotatable bonds is 2. The summed E-state index contributed by atoms with van der Waals surface area (Å²) >= 11 is 0. The second-order valence-corrected chi connectivity index (χ2v) is 9.62. The van der Waals surface area contributed by atoms with Crippen LogP contribution in [0.1, 0.15) is 23.7 Å². The highest BCUT2D eigenvalue weighted by Gasteiger charge is 2.46. The monoisotopic (exact) mass is 560 g/mol. The van der Waals surface area contributed by atoms with Gasteiger partial charge in [-0.2, -0.15) is 0 Å².